The van der Waals surface area contributed by atoms with Crippen LogP contribution in [0.5, 0.6) is 0 Å². The lowest BCUT2D eigenvalue weighted by molar-refractivity contribution is -0.144. The van der Waals surface area contributed by atoms with E-state index in [2.05, 4.69) is 26.0 Å². The SMILES string of the molecule is CC(C)Cc1ccc(C(=O)C2CCN(C(=O)[C@@H]3CC[C@H](CN)O3)CC2)cc1. The van der Waals surface area contributed by atoms with Crippen LogP contribution in [0.1, 0.15) is 55.5 Å². The van der Waals surface area contributed by atoms with Gasteiger partial charge in [-0.05, 0) is 43.6 Å². The number of carbonyl (C=O) groups excluding carboxylic acids is 2. The Morgan fingerprint density at radius 2 is 1.78 bits per heavy atom. The van der Waals surface area contributed by atoms with Gasteiger partial charge in [-0.25, -0.2) is 0 Å². The van der Waals surface area contributed by atoms with E-state index in [0.29, 0.717) is 25.6 Å². The minimum atomic E-state index is -0.348. The summed E-state index contributed by atoms with van der Waals surface area (Å²) in [5, 5.41) is 0. The molecule has 0 aromatic heterocycles. The van der Waals surface area contributed by atoms with Crippen LogP contribution in [0.25, 0.3) is 0 Å². The molecular formula is C22H32N2O3. The minimum absolute atomic E-state index is 0.00582. The standard InChI is InChI=1S/C22H32N2O3/c1-15(2)13-16-3-5-17(6-4-16)21(25)18-9-11-24(12-10-18)22(26)20-8-7-19(14-23)27-20/h3-6,15,18-20H,7-14,23H2,1-2H3/t19-,20+/m1/s1. The summed E-state index contributed by atoms with van der Waals surface area (Å²) in [7, 11) is 0. The highest BCUT2D eigenvalue weighted by atomic mass is 16.5. The van der Waals surface area contributed by atoms with E-state index in [1.54, 1.807) is 0 Å². The van der Waals surface area contributed by atoms with Gasteiger partial charge in [0.1, 0.15) is 6.10 Å². The molecule has 3 rings (SSSR count). The molecule has 0 aliphatic carbocycles. The molecule has 2 atom stereocenters. The molecule has 1 aromatic rings. The van der Waals surface area contributed by atoms with Crippen LogP contribution >= 0.6 is 0 Å². The van der Waals surface area contributed by atoms with Gasteiger partial charge in [-0.2, -0.15) is 0 Å². The summed E-state index contributed by atoms with van der Waals surface area (Å²) in [4.78, 5) is 27.3. The van der Waals surface area contributed by atoms with Gasteiger partial charge in [0.2, 0.25) is 0 Å². The van der Waals surface area contributed by atoms with Gasteiger partial charge in [0, 0.05) is 31.1 Å². The molecule has 27 heavy (non-hydrogen) atoms. The third kappa shape index (κ3) is 4.96. The zero-order chi connectivity index (χ0) is 19.4. The number of nitrogens with zero attached hydrogens (tertiary/aromatic N) is 1. The van der Waals surface area contributed by atoms with Crippen molar-refractivity contribution in [1.82, 2.24) is 4.90 Å². The number of nitrogens with two attached hydrogens (primary N) is 1. The van der Waals surface area contributed by atoms with Crippen molar-refractivity contribution in [3.63, 3.8) is 0 Å². The highest BCUT2D eigenvalue weighted by Gasteiger charge is 2.35. The van der Waals surface area contributed by atoms with Gasteiger partial charge in [0.05, 0.1) is 6.10 Å². The lowest BCUT2D eigenvalue weighted by atomic mass is 9.88. The van der Waals surface area contributed by atoms with Crippen molar-refractivity contribution in [1.29, 1.82) is 0 Å². The number of Topliss-reactive ketones (excluding diaryl/α,β-unsaturated/α-hetero) is 1. The Morgan fingerprint density at radius 3 is 2.33 bits per heavy atom. The highest BCUT2D eigenvalue weighted by molar-refractivity contribution is 5.98. The van der Waals surface area contributed by atoms with Crippen molar-refractivity contribution in [2.75, 3.05) is 19.6 Å². The van der Waals surface area contributed by atoms with Crippen LogP contribution in [0.4, 0.5) is 0 Å². The van der Waals surface area contributed by atoms with E-state index in [9.17, 15) is 9.59 Å². The van der Waals surface area contributed by atoms with E-state index in [1.807, 2.05) is 17.0 Å². The minimum Gasteiger partial charge on any atom is -0.364 e. The monoisotopic (exact) mass is 372 g/mol. The van der Waals surface area contributed by atoms with Gasteiger partial charge in [-0.1, -0.05) is 38.1 Å². The number of hydrogen-bond donors (Lipinski definition) is 1. The summed E-state index contributed by atoms with van der Waals surface area (Å²) in [6.07, 6.45) is 3.76. The molecule has 0 saturated carbocycles. The fourth-order valence-corrected chi connectivity index (χ4v) is 4.14. The molecular weight excluding hydrogens is 340 g/mol. The van der Waals surface area contributed by atoms with E-state index < -0.39 is 0 Å². The number of likely N-dealkylation sites (tertiary alicyclic amines) is 1. The van der Waals surface area contributed by atoms with Gasteiger partial charge in [-0.15, -0.1) is 0 Å². The molecule has 5 nitrogen and oxygen atoms in total. The molecule has 0 radical (unpaired) electrons. The molecule has 2 N–H and O–H groups in total. The van der Waals surface area contributed by atoms with Gasteiger partial charge >= 0.3 is 0 Å². The third-order valence-electron chi connectivity index (χ3n) is 5.71. The Morgan fingerprint density at radius 1 is 1.11 bits per heavy atom. The average Bonchev–Trinajstić information content (AvgIpc) is 3.16. The molecule has 1 amide bonds. The van der Waals surface area contributed by atoms with E-state index >= 15 is 0 Å². The Labute approximate surface area is 162 Å². The first-order valence-electron chi connectivity index (χ1n) is 10.3. The summed E-state index contributed by atoms with van der Waals surface area (Å²) in [5.74, 6) is 0.886. The summed E-state index contributed by atoms with van der Waals surface area (Å²) in [5.41, 5.74) is 7.69. The topological polar surface area (TPSA) is 72.6 Å². The highest BCUT2D eigenvalue weighted by Crippen LogP contribution is 2.26. The lowest BCUT2D eigenvalue weighted by Gasteiger charge is -2.33. The predicted molar refractivity (Wildman–Crippen MR) is 106 cm³/mol. The Bertz CT molecular complexity index is 648. The van der Waals surface area contributed by atoms with Crippen molar-refractivity contribution in [2.24, 2.45) is 17.6 Å². The molecule has 2 fully saturated rings. The quantitative estimate of drug-likeness (QED) is 0.780. The second-order valence-electron chi connectivity index (χ2n) is 8.32. The summed E-state index contributed by atoms with van der Waals surface area (Å²) < 4.78 is 5.72. The largest absolute Gasteiger partial charge is 0.364 e. The summed E-state index contributed by atoms with van der Waals surface area (Å²) >= 11 is 0. The lowest BCUT2D eigenvalue weighted by Crippen LogP contribution is -2.45. The molecule has 0 spiro atoms. The maximum Gasteiger partial charge on any atom is 0.251 e. The van der Waals surface area contributed by atoms with Gasteiger partial charge in [0.15, 0.2) is 5.78 Å². The number of benzene rings is 1. The van der Waals surface area contributed by atoms with Crippen LogP contribution in [0.2, 0.25) is 0 Å². The maximum absolute atomic E-state index is 12.8. The van der Waals surface area contributed by atoms with E-state index in [-0.39, 0.29) is 29.8 Å². The number of hydrogen-bond acceptors (Lipinski definition) is 4. The smallest absolute Gasteiger partial charge is 0.251 e. The Kier molecular flexibility index (Phi) is 6.66. The van der Waals surface area contributed by atoms with Crippen LogP contribution in [0.15, 0.2) is 24.3 Å². The van der Waals surface area contributed by atoms with Crippen molar-refractivity contribution >= 4 is 11.7 Å². The number of piperidine rings is 1. The van der Waals surface area contributed by atoms with Crippen molar-refractivity contribution in [3.8, 4) is 0 Å². The van der Waals surface area contributed by atoms with Gasteiger partial charge < -0.3 is 15.4 Å². The van der Waals surface area contributed by atoms with E-state index in [4.69, 9.17) is 10.5 Å². The fraction of sp³-hybridized carbons (Fsp3) is 0.636. The van der Waals surface area contributed by atoms with E-state index in [1.165, 1.54) is 5.56 Å². The van der Waals surface area contributed by atoms with Crippen molar-refractivity contribution in [3.05, 3.63) is 35.4 Å². The molecule has 2 saturated heterocycles. The van der Waals surface area contributed by atoms with Crippen molar-refractivity contribution < 1.29 is 14.3 Å². The van der Waals surface area contributed by atoms with Crippen LogP contribution < -0.4 is 5.73 Å². The molecule has 2 aliphatic heterocycles. The zero-order valence-electron chi connectivity index (χ0n) is 16.5. The first-order valence-corrected chi connectivity index (χ1v) is 10.3. The normalized spacial score (nSPS) is 23.8. The first-order chi connectivity index (χ1) is 13.0. The number of amides is 1. The molecule has 1 aromatic carbocycles. The predicted octanol–water partition coefficient (Wildman–Crippen LogP) is 2.81. The first kappa shape index (κ1) is 20.0. The van der Waals surface area contributed by atoms with Crippen LogP contribution in [-0.4, -0.2) is 48.4 Å². The summed E-state index contributed by atoms with van der Waals surface area (Å²) in [6, 6.07) is 8.04. The molecule has 5 heteroatoms. The van der Waals surface area contributed by atoms with Crippen molar-refractivity contribution in [2.45, 2.75) is 58.2 Å². The number of carbonyl (C=O) groups is 2. The molecule has 0 bridgehead atoms. The fourth-order valence-electron chi connectivity index (χ4n) is 4.14. The summed E-state index contributed by atoms with van der Waals surface area (Å²) in [6.45, 7) is 6.12. The van der Waals surface area contributed by atoms with Crippen LogP contribution in [0.3, 0.4) is 0 Å². The maximum atomic E-state index is 12.8. The third-order valence-corrected chi connectivity index (χ3v) is 5.71. The van der Waals surface area contributed by atoms with Crippen LogP contribution in [0, 0.1) is 11.8 Å². The second-order valence-corrected chi connectivity index (χ2v) is 8.32. The Balaban J connectivity index is 1.51. The molecule has 0 unspecified atom stereocenters. The van der Waals surface area contributed by atoms with E-state index in [0.717, 1.165) is 37.7 Å². The second kappa shape index (κ2) is 8.98. The molecule has 2 aliphatic rings. The zero-order valence-corrected chi connectivity index (χ0v) is 16.5. The Hall–Kier alpha value is -1.72. The molecule has 2 heterocycles. The van der Waals surface area contributed by atoms with Gasteiger partial charge in [-0.3, -0.25) is 9.59 Å². The van der Waals surface area contributed by atoms with Gasteiger partial charge in [0.25, 0.3) is 5.91 Å². The number of ketones is 1. The molecule has 148 valence electrons. The average molecular weight is 373 g/mol. The van der Waals surface area contributed by atoms with Crippen LogP contribution in [-0.2, 0) is 16.0 Å². The number of rotatable bonds is 6. The number of ether oxygens (including phenoxy) is 1.